The van der Waals surface area contributed by atoms with Gasteiger partial charge in [-0.25, -0.2) is 4.79 Å². The minimum absolute atomic E-state index is 0.0502. The van der Waals surface area contributed by atoms with Crippen LogP contribution >= 0.6 is 11.3 Å². The Bertz CT molecular complexity index is 1370. The lowest BCUT2D eigenvalue weighted by Gasteiger charge is -2.42. The number of ether oxygens (including phenoxy) is 1. The monoisotopic (exact) mass is 693 g/mol. The summed E-state index contributed by atoms with van der Waals surface area (Å²) in [6.07, 6.45) is -7.88. The van der Waals surface area contributed by atoms with E-state index in [1.54, 1.807) is 0 Å². The summed E-state index contributed by atoms with van der Waals surface area (Å²) >= 11 is 0.0502. The number of anilines is 1. The molecule has 0 aliphatic carbocycles. The maximum Gasteiger partial charge on any atom is 0.460 e. The third-order valence-electron chi connectivity index (χ3n) is 5.59. The SMILES string of the molecule is CCOC(=O)c1c(-c2ccccc2)csc1NC(=O)C(F)(F)C(F)(F)C(F)(F)C(F)(F)C(F)(F)C(F)(F)C(F)(F)C(F)(F)F. The fraction of sp³-hybridized carbons (Fsp3) is 0.455. The van der Waals surface area contributed by atoms with Crippen LogP contribution in [0.25, 0.3) is 11.1 Å². The van der Waals surface area contributed by atoms with Crippen molar-refractivity contribution < 1.29 is 89.0 Å². The van der Waals surface area contributed by atoms with E-state index in [-0.39, 0.29) is 22.5 Å². The lowest BCUT2D eigenvalue weighted by molar-refractivity contribution is -0.459. The minimum atomic E-state index is -8.83. The average Bonchev–Trinajstić information content (AvgIpc) is 3.31. The number of hydrogen-bond donors (Lipinski definition) is 1. The zero-order valence-electron chi connectivity index (χ0n) is 20.7. The Labute approximate surface area is 236 Å². The van der Waals surface area contributed by atoms with Crippen molar-refractivity contribution in [1.82, 2.24) is 0 Å². The van der Waals surface area contributed by atoms with Crippen molar-refractivity contribution in [2.75, 3.05) is 11.9 Å². The number of hydrogen-bond acceptors (Lipinski definition) is 4. The lowest BCUT2D eigenvalue weighted by Crippen LogP contribution is -2.75. The summed E-state index contributed by atoms with van der Waals surface area (Å²) in [5.41, 5.74) is -1.12. The number of alkyl halides is 17. The summed E-state index contributed by atoms with van der Waals surface area (Å²) in [7, 11) is 0. The van der Waals surface area contributed by atoms with Crippen LogP contribution in [0.15, 0.2) is 35.7 Å². The molecule has 1 amide bonds. The summed E-state index contributed by atoms with van der Waals surface area (Å²) in [4.78, 5) is 24.4. The van der Waals surface area contributed by atoms with Gasteiger partial charge in [-0.15, -0.1) is 11.3 Å². The van der Waals surface area contributed by atoms with Crippen LogP contribution in [0.2, 0.25) is 0 Å². The molecule has 0 unspecified atom stereocenters. The zero-order chi connectivity index (χ0) is 34.5. The summed E-state index contributed by atoms with van der Waals surface area (Å²) in [6.45, 7) is 0.754. The molecule has 4 nitrogen and oxygen atoms in total. The molecule has 0 radical (unpaired) electrons. The first-order valence-corrected chi connectivity index (χ1v) is 11.8. The molecular formula is C22H12F17NO3S. The minimum Gasteiger partial charge on any atom is -0.462 e. The van der Waals surface area contributed by atoms with E-state index >= 15 is 0 Å². The van der Waals surface area contributed by atoms with Crippen molar-refractivity contribution in [1.29, 1.82) is 0 Å². The largest absolute Gasteiger partial charge is 0.462 e. The first kappa shape index (κ1) is 36.9. The van der Waals surface area contributed by atoms with Crippen molar-refractivity contribution in [3.8, 4) is 11.1 Å². The van der Waals surface area contributed by atoms with E-state index in [4.69, 9.17) is 0 Å². The van der Waals surface area contributed by atoms with Gasteiger partial charge in [-0.05, 0) is 12.5 Å². The van der Waals surface area contributed by atoms with Crippen LogP contribution in [-0.2, 0) is 9.53 Å². The van der Waals surface area contributed by atoms with E-state index in [9.17, 15) is 84.2 Å². The molecule has 2 aromatic rings. The molecule has 248 valence electrons. The predicted molar refractivity (Wildman–Crippen MR) is 115 cm³/mol. The first-order valence-electron chi connectivity index (χ1n) is 11.0. The van der Waals surface area contributed by atoms with Gasteiger partial charge in [0.05, 0.1) is 6.61 Å². The number of rotatable bonds is 11. The highest BCUT2D eigenvalue weighted by molar-refractivity contribution is 7.15. The summed E-state index contributed by atoms with van der Waals surface area (Å²) < 4.78 is 234. The van der Waals surface area contributed by atoms with E-state index in [0.717, 1.165) is 10.7 Å². The molecule has 0 aliphatic rings. The third kappa shape index (κ3) is 5.31. The van der Waals surface area contributed by atoms with E-state index in [1.807, 2.05) is 0 Å². The van der Waals surface area contributed by atoms with Crippen LogP contribution in [0.5, 0.6) is 0 Å². The maximum absolute atomic E-state index is 14.4. The Morgan fingerprint density at radius 3 is 1.55 bits per heavy atom. The number of carbonyl (C=O) groups is 2. The molecule has 0 saturated heterocycles. The Balaban J connectivity index is 2.60. The van der Waals surface area contributed by atoms with Gasteiger partial charge >= 0.3 is 59.5 Å². The molecule has 22 heteroatoms. The van der Waals surface area contributed by atoms with Gasteiger partial charge in [0, 0.05) is 10.9 Å². The summed E-state index contributed by atoms with van der Waals surface area (Å²) in [5, 5.41) is 0.469. The number of benzene rings is 1. The molecule has 2 rings (SSSR count). The van der Waals surface area contributed by atoms with Crippen molar-refractivity contribution in [3.05, 3.63) is 41.3 Å². The quantitative estimate of drug-likeness (QED) is 0.190. The number of thiophene rings is 1. The first-order chi connectivity index (χ1) is 19.6. The predicted octanol–water partition coefficient (Wildman–Crippen LogP) is 8.54. The maximum atomic E-state index is 14.4. The van der Waals surface area contributed by atoms with Crippen LogP contribution < -0.4 is 5.32 Å². The second-order valence-electron chi connectivity index (χ2n) is 8.41. The number of halogens is 17. The second kappa shape index (κ2) is 11.2. The van der Waals surface area contributed by atoms with Crippen molar-refractivity contribution in [2.24, 2.45) is 0 Å². The number of nitrogens with one attached hydrogen (secondary N) is 1. The van der Waals surface area contributed by atoms with Gasteiger partial charge in [0.2, 0.25) is 0 Å². The van der Waals surface area contributed by atoms with Crippen molar-refractivity contribution in [2.45, 2.75) is 54.6 Å². The fourth-order valence-electron chi connectivity index (χ4n) is 3.17. The Hall–Kier alpha value is -3.33. The van der Waals surface area contributed by atoms with Crippen molar-refractivity contribution in [3.63, 3.8) is 0 Å². The van der Waals surface area contributed by atoms with Gasteiger partial charge in [0.1, 0.15) is 10.6 Å². The Kier molecular flexibility index (Phi) is 9.41. The molecule has 44 heavy (non-hydrogen) atoms. The molecule has 0 bridgehead atoms. The summed E-state index contributed by atoms with van der Waals surface area (Å²) in [5.74, 6) is -64.1. The summed E-state index contributed by atoms with van der Waals surface area (Å²) in [6, 6.07) is 6.66. The normalized spacial score (nSPS) is 14.4. The van der Waals surface area contributed by atoms with Crippen LogP contribution in [0.3, 0.4) is 0 Å². The van der Waals surface area contributed by atoms with Gasteiger partial charge in [-0.2, -0.15) is 74.6 Å². The highest BCUT2D eigenvalue weighted by Gasteiger charge is 2.95. The van der Waals surface area contributed by atoms with Crippen LogP contribution in [0.4, 0.5) is 79.6 Å². The zero-order valence-corrected chi connectivity index (χ0v) is 21.5. The van der Waals surface area contributed by atoms with Crippen molar-refractivity contribution >= 4 is 28.2 Å². The van der Waals surface area contributed by atoms with E-state index < -0.39 is 76.7 Å². The van der Waals surface area contributed by atoms with Crippen LogP contribution in [0, 0.1) is 0 Å². The van der Waals surface area contributed by atoms with Crippen LogP contribution in [-0.4, -0.2) is 66.1 Å². The molecule has 1 aromatic heterocycles. The van der Waals surface area contributed by atoms with E-state index in [0.29, 0.717) is 0 Å². The molecular weight excluding hydrogens is 681 g/mol. The number of carbonyl (C=O) groups excluding carboxylic acids is 2. The molecule has 1 aromatic carbocycles. The molecule has 0 aliphatic heterocycles. The Morgan fingerprint density at radius 2 is 1.11 bits per heavy atom. The number of amides is 1. The molecule has 0 spiro atoms. The highest BCUT2D eigenvalue weighted by Crippen LogP contribution is 2.64. The molecule has 1 heterocycles. The smallest absolute Gasteiger partial charge is 0.460 e. The Morgan fingerprint density at radius 1 is 0.682 bits per heavy atom. The number of esters is 1. The van der Waals surface area contributed by atoms with E-state index in [1.165, 1.54) is 37.3 Å². The average molecular weight is 693 g/mol. The second-order valence-corrected chi connectivity index (χ2v) is 9.29. The topological polar surface area (TPSA) is 55.4 Å². The van der Waals surface area contributed by atoms with Gasteiger partial charge in [0.15, 0.2) is 0 Å². The van der Waals surface area contributed by atoms with Gasteiger partial charge in [0.25, 0.3) is 0 Å². The molecule has 0 atom stereocenters. The van der Waals surface area contributed by atoms with Gasteiger partial charge in [-0.3, -0.25) is 4.79 Å². The molecule has 1 N–H and O–H groups in total. The lowest BCUT2D eigenvalue weighted by atomic mass is 9.89. The van der Waals surface area contributed by atoms with E-state index in [2.05, 4.69) is 4.74 Å². The highest BCUT2D eigenvalue weighted by atomic mass is 32.1. The molecule has 0 fully saturated rings. The van der Waals surface area contributed by atoms with Gasteiger partial charge in [-0.1, -0.05) is 30.3 Å². The fourth-order valence-corrected chi connectivity index (χ4v) is 4.13. The van der Waals surface area contributed by atoms with Crippen LogP contribution in [0.1, 0.15) is 17.3 Å². The molecule has 0 saturated carbocycles. The third-order valence-corrected chi connectivity index (χ3v) is 6.49. The van der Waals surface area contributed by atoms with Gasteiger partial charge < -0.3 is 10.1 Å². The standard InChI is InChI=1S/C22H12F17NO3S/c1-2-43-13(41)11-10(9-6-4-3-5-7-9)8-44-12(11)40-14(42)15(23,24)16(25,26)17(27,28)18(29,30)19(31,32)20(33,34)21(35,36)22(37,38)39/h3-8H,2H2,1H3,(H,40,42).